The van der Waals surface area contributed by atoms with Gasteiger partial charge in [0.2, 0.25) is 0 Å². The summed E-state index contributed by atoms with van der Waals surface area (Å²) in [5.74, 6) is 0.943. The summed E-state index contributed by atoms with van der Waals surface area (Å²) in [6.07, 6.45) is 0.603. The highest BCUT2D eigenvalue weighted by Gasteiger charge is 2.17. The van der Waals surface area contributed by atoms with Crippen molar-refractivity contribution >= 4 is 5.96 Å². The quantitative estimate of drug-likeness (QED) is 0.483. The van der Waals surface area contributed by atoms with Gasteiger partial charge in [-0.3, -0.25) is 4.99 Å². The fraction of sp³-hybridized carbons (Fsp3) is 0.333. The minimum Gasteiger partial charge on any atom is -0.378 e. The molecule has 31 heavy (non-hydrogen) atoms. The number of morpholine rings is 1. The third-order valence-corrected chi connectivity index (χ3v) is 5.57. The Morgan fingerprint density at radius 3 is 2.68 bits per heavy atom. The number of benzene rings is 2. The lowest BCUT2D eigenvalue weighted by Gasteiger charge is -2.27. The van der Waals surface area contributed by atoms with Gasteiger partial charge in [0, 0.05) is 43.6 Å². The average Bonchev–Trinajstić information content (AvgIpc) is 3.28. The maximum atomic E-state index is 14.7. The highest BCUT2D eigenvalue weighted by atomic mass is 19.1. The van der Waals surface area contributed by atoms with Crippen molar-refractivity contribution in [2.24, 2.45) is 10.7 Å². The van der Waals surface area contributed by atoms with Crippen LogP contribution < -0.4 is 5.73 Å². The molecule has 1 atom stereocenters. The fourth-order valence-electron chi connectivity index (χ4n) is 3.65. The molecule has 0 amide bonds. The lowest BCUT2D eigenvalue weighted by Crippen LogP contribution is -2.44. The molecule has 4 rings (SSSR count). The van der Waals surface area contributed by atoms with E-state index in [-0.39, 0.29) is 11.7 Å². The third kappa shape index (κ3) is 5.11. The molecule has 2 heterocycles. The molecule has 0 saturated carbocycles. The van der Waals surface area contributed by atoms with Crippen LogP contribution in [-0.4, -0.2) is 48.9 Å². The normalized spacial score (nSPS) is 15.8. The predicted molar refractivity (Wildman–Crippen MR) is 118 cm³/mol. The van der Waals surface area contributed by atoms with Crippen molar-refractivity contribution in [2.45, 2.75) is 19.3 Å². The first kappa shape index (κ1) is 21.1. The maximum Gasteiger partial charge on any atom is 0.191 e. The summed E-state index contributed by atoms with van der Waals surface area (Å²) < 4.78 is 25.5. The van der Waals surface area contributed by atoms with Crippen molar-refractivity contribution in [2.75, 3.05) is 32.8 Å². The van der Waals surface area contributed by atoms with Gasteiger partial charge in [0.15, 0.2) is 5.96 Å². The van der Waals surface area contributed by atoms with Crippen LogP contribution in [0, 0.1) is 5.82 Å². The van der Waals surface area contributed by atoms with Crippen molar-refractivity contribution in [3.05, 3.63) is 77.4 Å². The Morgan fingerprint density at radius 1 is 1.16 bits per heavy atom. The molecule has 1 fully saturated rings. The monoisotopic (exact) mass is 422 g/mol. The van der Waals surface area contributed by atoms with Crippen LogP contribution in [0.1, 0.15) is 29.9 Å². The molecular formula is C24H27FN4O2. The van der Waals surface area contributed by atoms with Gasteiger partial charge in [-0.05, 0) is 17.2 Å². The Balaban J connectivity index is 1.39. The Morgan fingerprint density at radius 2 is 1.94 bits per heavy atom. The van der Waals surface area contributed by atoms with E-state index in [0.29, 0.717) is 37.7 Å². The lowest BCUT2D eigenvalue weighted by atomic mass is 9.94. The minimum absolute atomic E-state index is 0.0845. The van der Waals surface area contributed by atoms with Crippen molar-refractivity contribution in [3.63, 3.8) is 0 Å². The Kier molecular flexibility index (Phi) is 6.62. The van der Waals surface area contributed by atoms with Gasteiger partial charge in [-0.1, -0.05) is 54.5 Å². The number of aromatic nitrogens is 1. The second kappa shape index (κ2) is 9.75. The van der Waals surface area contributed by atoms with E-state index in [0.717, 1.165) is 35.7 Å². The molecule has 3 aromatic rings. The highest BCUT2D eigenvalue weighted by Crippen LogP contribution is 2.29. The smallest absolute Gasteiger partial charge is 0.191 e. The van der Waals surface area contributed by atoms with Crippen LogP contribution in [-0.2, 0) is 11.2 Å². The SMILES string of the molecule is CC(c1ccc(-c2ccccc2)c(F)c1)c1cc(CCN=C(N)N2CCOCC2)on1. The van der Waals surface area contributed by atoms with Gasteiger partial charge >= 0.3 is 0 Å². The van der Waals surface area contributed by atoms with Gasteiger partial charge in [0.25, 0.3) is 0 Å². The van der Waals surface area contributed by atoms with E-state index in [1.54, 1.807) is 6.07 Å². The first-order chi connectivity index (χ1) is 15.1. The molecule has 6 nitrogen and oxygen atoms in total. The topological polar surface area (TPSA) is 76.9 Å². The summed E-state index contributed by atoms with van der Waals surface area (Å²) in [4.78, 5) is 6.45. The summed E-state index contributed by atoms with van der Waals surface area (Å²) in [6.45, 7) is 5.39. The molecule has 1 aromatic heterocycles. The van der Waals surface area contributed by atoms with E-state index in [2.05, 4.69) is 10.1 Å². The van der Waals surface area contributed by atoms with Crippen LogP contribution in [0.25, 0.3) is 11.1 Å². The number of ether oxygens (including phenoxy) is 1. The predicted octanol–water partition coefficient (Wildman–Crippen LogP) is 3.82. The standard InChI is InChI=1S/C24H27FN4O2/c1-17(19-7-8-21(22(25)15-19)18-5-3-2-4-6-18)23-16-20(31-28-23)9-10-27-24(26)29-11-13-30-14-12-29/h2-8,15-17H,9-14H2,1H3,(H2,26,27). The number of halogens is 1. The zero-order chi connectivity index (χ0) is 21.6. The molecule has 0 bridgehead atoms. The lowest BCUT2D eigenvalue weighted by molar-refractivity contribution is 0.0674. The van der Waals surface area contributed by atoms with E-state index in [1.165, 1.54) is 0 Å². The summed E-state index contributed by atoms with van der Waals surface area (Å²) in [5, 5.41) is 4.19. The maximum absolute atomic E-state index is 14.7. The molecule has 1 unspecified atom stereocenters. The van der Waals surface area contributed by atoms with Crippen LogP contribution in [0.15, 0.2) is 64.1 Å². The van der Waals surface area contributed by atoms with Gasteiger partial charge in [0.1, 0.15) is 11.6 Å². The van der Waals surface area contributed by atoms with Crippen LogP contribution in [0.4, 0.5) is 4.39 Å². The van der Waals surface area contributed by atoms with Gasteiger partial charge in [-0.25, -0.2) is 4.39 Å². The van der Waals surface area contributed by atoms with E-state index < -0.39 is 0 Å². The fourth-order valence-corrected chi connectivity index (χ4v) is 3.65. The molecule has 0 spiro atoms. The average molecular weight is 423 g/mol. The molecule has 2 N–H and O–H groups in total. The first-order valence-corrected chi connectivity index (χ1v) is 10.5. The van der Waals surface area contributed by atoms with E-state index in [4.69, 9.17) is 15.0 Å². The summed E-state index contributed by atoms with van der Waals surface area (Å²) in [6, 6.07) is 16.8. The van der Waals surface area contributed by atoms with Crippen LogP contribution in [0.2, 0.25) is 0 Å². The number of rotatable bonds is 6. The molecule has 0 radical (unpaired) electrons. The zero-order valence-electron chi connectivity index (χ0n) is 17.6. The Bertz CT molecular complexity index is 1030. The largest absolute Gasteiger partial charge is 0.378 e. The van der Waals surface area contributed by atoms with Gasteiger partial charge in [-0.2, -0.15) is 0 Å². The third-order valence-electron chi connectivity index (χ3n) is 5.57. The zero-order valence-corrected chi connectivity index (χ0v) is 17.6. The Hall–Kier alpha value is -3.19. The van der Waals surface area contributed by atoms with E-state index in [9.17, 15) is 4.39 Å². The molecule has 0 aliphatic carbocycles. The number of hydrogen-bond acceptors (Lipinski definition) is 4. The van der Waals surface area contributed by atoms with Crippen LogP contribution in [0.3, 0.4) is 0 Å². The van der Waals surface area contributed by atoms with Crippen molar-refractivity contribution in [1.29, 1.82) is 0 Å². The molecule has 162 valence electrons. The molecule has 2 aromatic carbocycles. The van der Waals surface area contributed by atoms with Crippen molar-refractivity contribution < 1.29 is 13.7 Å². The van der Waals surface area contributed by atoms with Crippen molar-refractivity contribution in [1.82, 2.24) is 10.1 Å². The minimum atomic E-state index is -0.243. The molecule has 1 saturated heterocycles. The highest BCUT2D eigenvalue weighted by molar-refractivity contribution is 5.78. The second-order valence-corrected chi connectivity index (χ2v) is 7.63. The molecule has 7 heteroatoms. The number of guanidine groups is 1. The summed E-state index contributed by atoms with van der Waals surface area (Å²) in [7, 11) is 0. The van der Waals surface area contributed by atoms with Crippen LogP contribution >= 0.6 is 0 Å². The summed E-state index contributed by atoms with van der Waals surface area (Å²) in [5.41, 5.74) is 9.12. The van der Waals surface area contributed by atoms with Gasteiger partial charge < -0.3 is 19.9 Å². The molecule has 1 aliphatic heterocycles. The Labute approximate surface area is 181 Å². The second-order valence-electron chi connectivity index (χ2n) is 7.63. The van der Waals surface area contributed by atoms with E-state index in [1.807, 2.05) is 60.4 Å². The number of nitrogens with two attached hydrogens (primary N) is 1. The van der Waals surface area contributed by atoms with Gasteiger partial charge in [0.05, 0.1) is 18.9 Å². The first-order valence-electron chi connectivity index (χ1n) is 10.5. The number of aliphatic imine (C=N–C) groups is 1. The number of hydrogen-bond donors (Lipinski definition) is 1. The molecule has 1 aliphatic rings. The molecular weight excluding hydrogens is 395 g/mol. The van der Waals surface area contributed by atoms with Gasteiger partial charge in [-0.15, -0.1) is 0 Å². The van der Waals surface area contributed by atoms with Crippen molar-refractivity contribution in [3.8, 4) is 11.1 Å². The van der Waals surface area contributed by atoms with E-state index >= 15 is 0 Å². The summed E-state index contributed by atoms with van der Waals surface area (Å²) >= 11 is 0. The van der Waals surface area contributed by atoms with Crippen LogP contribution in [0.5, 0.6) is 0 Å². The number of nitrogens with zero attached hydrogens (tertiary/aromatic N) is 3.